The van der Waals surface area contributed by atoms with Gasteiger partial charge < -0.3 is 14.5 Å². The van der Waals surface area contributed by atoms with Crippen LogP contribution in [0.3, 0.4) is 0 Å². The predicted molar refractivity (Wildman–Crippen MR) is 129 cm³/mol. The largest absolute Gasteiger partial charge is 0.495 e. The predicted octanol–water partition coefficient (Wildman–Crippen LogP) is 4.90. The molecule has 0 radical (unpaired) electrons. The molecule has 6 nitrogen and oxygen atoms in total. The molecule has 3 aromatic carbocycles. The summed E-state index contributed by atoms with van der Waals surface area (Å²) in [5.74, 6) is 0.183. The Morgan fingerprint density at radius 2 is 1.81 bits per heavy atom. The van der Waals surface area contributed by atoms with Crippen LogP contribution in [0.4, 0.5) is 5.69 Å². The second-order valence-corrected chi connectivity index (χ2v) is 7.59. The van der Waals surface area contributed by atoms with Gasteiger partial charge in [0.1, 0.15) is 11.3 Å². The lowest BCUT2D eigenvalue weighted by atomic mass is 10.0. The van der Waals surface area contributed by atoms with Gasteiger partial charge in [0.25, 0.3) is 5.91 Å². The van der Waals surface area contributed by atoms with Crippen molar-refractivity contribution in [2.45, 2.75) is 6.92 Å². The number of benzene rings is 3. The molecule has 32 heavy (non-hydrogen) atoms. The van der Waals surface area contributed by atoms with Crippen molar-refractivity contribution >= 4 is 39.9 Å². The van der Waals surface area contributed by atoms with E-state index in [1.807, 2.05) is 37.3 Å². The quantitative estimate of drug-likeness (QED) is 0.344. The first-order valence-electron chi connectivity index (χ1n) is 9.85. The number of thiocarbonyl (C=S) groups is 1. The van der Waals surface area contributed by atoms with Crippen LogP contribution in [0.15, 0.2) is 82.0 Å². The average Bonchev–Trinajstić information content (AvgIpc) is 2.78. The molecule has 1 amide bonds. The van der Waals surface area contributed by atoms with Crippen molar-refractivity contribution in [2.24, 2.45) is 0 Å². The standard InChI is InChI=1S/C25H20N2O4S/c1-15-6-5-8-18(12-15)23(28)27-25(32)26-20-14-16(10-11-22(20)30-2)19-13-17-7-3-4-9-21(17)31-24(19)29/h3-14H,1-2H3,(H2,26,27,28,32). The molecule has 1 aromatic heterocycles. The number of rotatable bonds is 4. The molecule has 1 heterocycles. The summed E-state index contributed by atoms with van der Waals surface area (Å²) in [4.78, 5) is 25.0. The van der Waals surface area contributed by atoms with E-state index in [0.717, 1.165) is 10.9 Å². The summed E-state index contributed by atoms with van der Waals surface area (Å²) in [5, 5.41) is 6.57. The molecule has 0 aliphatic rings. The fraction of sp³-hybridized carbons (Fsp3) is 0.0800. The number of hydrogen-bond acceptors (Lipinski definition) is 5. The number of hydrogen-bond donors (Lipinski definition) is 2. The molecule has 7 heteroatoms. The lowest BCUT2D eigenvalue weighted by molar-refractivity contribution is 0.0977. The van der Waals surface area contributed by atoms with Gasteiger partial charge in [0.05, 0.1) is 18.4 Å². The summed E-state index contributed by atoms with van der Waals surface area (Å²) in [6.45, 7) is 1.91. The molecule has 0 fully saturated rings. The molecule has 0 unspecified atom stereocenters. The summed E-state index contributed by atoms with van der Waals surface area (Å²) < 4.78 is 10.9. The third-order valence-electron chi connectivity index (χ3n) is 4.91. The fourth-order valence-corrected chi connectivity index (χ4v) is 3.55. The summed E-state index contributed by atoms with van der Waals surface area (Å²) in [5.41, 5.74) is 3.09. The number of para-hydroxylation sites is 1. The SMILES string of the molecule is COc1ccc(-c2cc3ccccc3oc2=O)cc1NC(=S)NC(=O)c1cccc(C)c1. The number of amides is 1. The molecule has 0 saturated carbocycles. The maximum absolute atomic E-state index is 12.6. The van der Waals surface area contributed by atoms with Crippen LogP contribution in [0.1, 0.15) is 15.9 Å². The zero-order valence-corrected chi connectivity index (χ0v) is 18.3. The van der Waals surface area contributed by atoms with Crippen molar-refractivity contribution in [1.29, 1.82) is 0 Å². The number of anilines is 1. The number of aryl methyl sites for hydroxylation is 1. The minimum absolute atomic E-state index is 0.109. The second-order valence-electron chi connectivity index (χ2n) is 7.18. The van der Waals surface area contributed by atoms with Crippen molar-refractivity contribution in [3.8, 4) is 16.9 Å². The smallest absolute Gasteiger partial charge is 0.344 e. The van der Waals surface area contributed by atoms with E-state index in [9.17, 15) is 9.59 Å². The first kappa shape index (κ1) is 21.3. The van der Waals surface area contributed by atoms with Gasteiger partial charge in [-0.05, 0) is 61.1 Å². The molecule has 0 spiro atoms. The molecule has 160 valence electrons. The Morgan fingerprint density at radius 1 is 1.00 bits per heavy atom. The Bertz CT molecular complexity index is 1390. The monoisotopic (exact) mass is 444 g/mol. The van der Waals surface area contributed by atoms with Gasteiger partial charge in [-0.25, -0.2) is 4.79 Å². The molecule has 4 rings (SSSR count). The number of methoxy groups -OCH3 is 1. The molecule has 4 aromatic rings. The van der Waals surface area contributed by atoms with Gasteiger partial charge in [0, 0.05) is 10.9 Å². The van der Waals surface area contributed by atoms with E-state index >= 15 is 0 Å². The van der Waals surface area contributed by atoms with E-state index in [4.69, 9.17) is 21.4 Å². The van der Waals surface area contributed by atoms with E-state index < -0.39 is 5.63 Å². The zero-order valence-electron chi connectivity index (χ0n) is 17.5. The van der Waals surface area contributed by atoms with E-state index in [2.05, 4.69) is 10.6 Å². The number of nitrogens with one attached hydrogen (secondary N) is 2. The van der Waals surface area contributed by atoms with Crippen LogP contribution in [0.25, 0.3) is 22.1 Å². The third-order valence-corrected chi connectivity index (χ3v) is 5.11. The number of carbonyl (C=O) groups is 1. The molecule has 0 aliphatic heterocycles. The fourth-order valence-electron chi connectivity index (χ4n) is 3.35. The van der Waals surface area contributed by atoms with Gasteiger partial charge in [0.15, 0.2) is 5.11 Å². The van der Waals surface area contributed by atoms with Crippen LogP contribution in [-0.2, 0) is 0 Å². The van der Waals surface area contributed by atoms with Crippen LogP contribution in [0.5, 0.6) is 5.75 Å². The Balaban J connectivity index is 1.61. The second kappa shape index (κ2) is 9.03. The highest BCUT2D eigenvalue weighted by molar-refractivity contribution is 7.80. The van der Waals surface area contributed by atoms with Gasteiger partial charge in [0.2, 0.25) is 0 Å². The molecule has 0 aliphatic carbocycles. The summed E-state index contributed by atoms with van der Waals surface area (Å²) in [6, 6.07) is 21.5. The van der Waals surface area contributed by atoms with E-state index in [1.165, 1.54) is 7.11 Å². The summed E-state index contributed by atoms with van der Waals surface area (Å²) in [6.07, 6.45) is 0. The minimum Gasteiger partial charge on any atom is -0.495 e. The van der Waals surface area contributed by atoms with Crippen molar-refractivity contribution in [1.82, 2.24) is 5.32 Å². The summed E-state index contributed by atoms with van der Waals surface area (Å²) in [7, 11) is 1.53. The molecule has 0 bridgehead atoms. The molecule has 2 N–H and O–H groups in total. The Kier molecular flexibility index (Phi) is 6.00. The van der Waals surface area contributed by atoms with Crippen molar-refractivity contribution in [2.75, 3.05) is 12.4 Å². The Hall–Kier alpha value is -3.97. The van der Waals surface area contributed by atoms with Crippen LogP contribution >= 0.6 is 12.2 Å². The average molecular weight is 445 g/mol. The van der Waals surface area contributed by atoms with Gasteiger partial charge in [-0.3, -0.25) is 10.1 Å². The van der Waals surface area contributed by atoms with E-state index in [0.29, 0.717) is 33.7 Å². The van der Waals surface area contributed by atoms with Crippen molar-refractivity contribution < 1.29 is 13.9 Å². The summed E-state index contributed by atoms with van der Waals surface area (Å²) >= 11 is 5.32. The maximum Gasteiger partial charge on any atom is 0.344 e. The normalized spacial score (nSPS) is 10.6. The topological polar surface area (TPSA) is 80.6 Å². The molecule has 0 saturated heterocycles. The molecule has 0 atom stereocenters. The number of fused-ring (bicyclic) bond motifs is 1. The highest BCUT2D eigenvalue weighted by Crippen LogP contribution is 2.30. The Morgan fingerprint density at radius 3 is 2.59 bits per heavy atom. The Labute approximate surface area is 189 Å². The van der Waals surface area contributed by atoms with Crippen LogP contribution in [-0.4, -0.2) is 18.1 Å². The number of ether oxygens (including phenoxy) is 1. The molecular formula is C25H20N2O4S. The highest BCUT2D eigenvalue weighted by Gasteiger charge is 2.14. The lowest BCUT2D eigenvalue weighted by Gasteiger charge is -2.14. The van der Waals surface area contributed by atoms with Crippen molar-refractivity contribution in [3.05, 3.63) is 94.3 Å². The molecular weight excluding hydrogens is 424 g/mol. The minimum atomic E-state index is -0.449. The van der Waals surface area contributed by atoms with Crippen molar-refractivity contribution in [3.63, 3.8) is 0 Å². The maximum atomic E-state index is 12.6. The van der Waals surface area contributed by atoms with Gasteiger partial charge >= 0.3 is 5.63 Å². The highest BCUT2D eigenvalue weighted by atomic mass is 32.1. The van der Waals surface area contributed by atoms with Gasteiger partial charge in [-0.15, -0.1) is 0 Å². The van der Waals surface area contributed by atoms with Crippen LogP contribution in [0.2, 0.25) is 0 Å². The lowest BCUT2D eigenvalue weighted by Crippen LogP contribution is -2.34. The van der Waals surface area contributed by atoms with Crippen LogP contribution < -0.4 is 21.0 Å². The van der Waals surface area contributed by atoms with Gasteiger partial charge in [-0.1, -0.05) is 42.0 Å². The zero-order chi connectivity index (χ0) is 22.7. The number of carbonyl (C=O) groups excluding carboxylic acids is 1. The van der Waals surface area contributed by atoms with Crippen LogP contribution in [0, 0.1) is 6.92 Å². The van der Waals surface area contributed by atoms with E-state index in [-0.39, 0.29) is 11.0 Å². The van der Waals surface area contributed by atoms with Gasteiger partial charge in [-0.2, -0.15) is 0 Å². The first-order chi connectivity index (χ1) is 15.4. The first-order valence-corrected chi connectivity index (χ1v) is 10.3. The van der Waals surface area contributed by atoms with E-state index in [1.54, 1.807) is 42.5 Å². The third kappa shape index (κ3) is 4.53.